The molecule has 0 aliphatic heterocycles. The van der Waals surface area contributed by atoms with Crippen molar-refractivity contribution in [1.82, 2.24) is 9.78 Å². The smallest absolute Gasteiger partial charge is 0.153 e. The first-order valence-corrected chi connectivity index (χ1v) is 5.12. The van der Waals surface area contributed by atoms with E-state index in [0.29, 0.717) is 25.1 Å². The Kier molecular flexibility index (Phi) is 2.31. The normalized spacial score (nSPS) is 32.4. The molecule has 1 aromatic heterocycles. The summed E-state index contributed by atoms with van der Waals surface area (Å²) in [5.41, 5.74) is 5.18. The quantitative estimate of drug-likeness (QED) is 0.782. The van der Waals surface area contributed by atoms with Gasteiger partial charge in [0.25, 0.3) is 0 Å². The Labute approximate surface area is 83.1 Å². The number of hydrogen-bond acceptors (Lipinski definition) is 2. The molecule has 14 heavy (non-hydrogen) atoms. The molecule has 0 aromatic carbocycles. The second-order valence-corrected chi connectivity index (χ2v) is 4.00. The minimum atomic E-state index is -1.24. The molecule has 78 valence electrons. The van der Waals surface area contributed by atoms with Crippen LogP contribution in [0.3, 0.4) is 0 Å². The Balaban J connectivity index is 2.30. The third kappa shape index (κ3) is 1.43. The number of halogens is 1. The summed E-state index contributed by atoms with van der Waals surface area (Å²) in [5, 5.41) is 4.09. The lowest BCUT2D eigenvalue weighted by Crippen LogP contribution is -2.24. The molecule has 0 amide bonds. The third-order valence-electron chi connectivity index (χ3n) is 2.97. The number of nitrogens with two attached hydrogens (primary N) is 1. The molecular formula is C10H16FN3. The van der Waals surface area contributed by atoms with Crippen molar-refractivity contribution < 1.29 is 4.39 Å². The van der Waals surface area contributed by atoms with Gasteiger partial charge < -0.3 is 5.73 Å². The Morgan fingerprint density at radius 3 is 3.14 bits per heavy atom. The molecule has 0 radical (unpaired) electrons. The number of alkyl halides is 1. The predicted octanol–water partition coefficient (Wildman–Crippen LogP) is 1.58. The van der Waals surface area contributed by atoms with E-state index in [1.54, 1.807) is 16.9 Å². The summed E-state index contributed by atoms with van der Waals surface area (Å²) < 4.78 is 16.2. The van der Waals surface area contributed by atoms with Gasteiger partial charge in [-0.05, 0) is 25.8 Å². The van der Waals surface area contributed by atoms with Gasteiger partial charge in [0.2, 0.25) is 0 Å². The molecule has 4 heteroatoms. The Morgan fingerprint density at radius 2 is 2.57 bits per heavy atom. The molecule has 0 spiro atoms. The van der Waals surface area contributed by atoms with Gasteiger partial charge in [0.05, 0.1) is 5.69 Å². The Hall–Kier alpha value is -0.900. The molecule has 1 aromatic rings. The molecule has 2 rings (SSSR count). The standard InChI is InChI=1S/C10H16FN3/c1-2-14-9(4-6-13-14)10(11)5-3-8(12)7-10/h4,6,8H,2-3,5,7,12H2,1H3. The summed E-state index contributed by atoms with van der Waals surface area (Å²) in [6.07, 6.45) is 3.38. The maximum Gasteiger partial charge on any atom is 0.153 e. The van der Waals surface area contributed by atoms with Crippen molar-refractivity contribution in [3.05, 3.63) is 18.0 Å². The van der Waals surface area contributed by atoms with Crippen LogP contribution in [0.4, 0.5) is 4.39 Å². The summed E-state index contributed by atoms with van der Waals surface area (Å²) in [7, 11) is 0. The van der Waals surface area contributed by atoms with E-state index < -0.39 is 5.67 Å². The van der Waals surface area contributed by atoms with Gasteiger partial charge >= 0.3 is 0 Å². The van der Waals surface area contributed by atoms with Crippen molar-refractivity contribution in [3.8, 4) is 0 Å². The maximum absolute atomic E-state index is 14.4. The van der Waals surface area contributed by atoms with Gasteiger partial charge in [-0.2, -0.15) is 5.10 Å². The minimum Gasteiger partial charge on any atom is -0.328 e. The Bertz CT molecular complexity index is 323. The van der Waals surface area contributed by atoms with Crippen molar-refractivity contribution in [3.63, 3.8) is 0 Å². The lowest BCUT2D eigenvalue weighted by Gasteiger charge is -2.20. The van der Waals surface area contributed by atoms with Gasteiger partial charge in [0, 0.05) is 25.2 Å². The van der Waals surface area contributed by atoms with Gasteiger partial charge in [-0.1, -0.05) is 0 Å². The van der Waals surface area contributed by atoms with Crippen LogP contribution in [0.15, 0.2) is 12.3 Å². The van der Waals surface area contributed by atoms with E-state index in [9.17, 15) is 4.39 Å². The van der Waals surface area contributed by atoms with Gasteiger partial charge in [-0.25, -0.2) is 4.39 Å². The fraction of sp³-hybridized carbons (Fsp3) is 0.700. The van der Waals surface area contributed by atoms with E-state index in [1.165, 1.54) is 0 Å². The lowest BCUT2D eigenvalue weighted by molar-refractivity contribution is 0.157. The van der Waals surface area contributed by atoms with Crippen LogP contribution in [0, 0.1) is 0 Å². The molecule has 2 atom stereocenters. The fourth-order valence-electron chi connectivity index (χ4n) is 2.23. The van der Waals surface area contributed by atoms with Crippen LogP contribution < -0.4 is 5.73 Å². The average Bonchev–Trinajstić information content (AvgIpc) is 2.73. The van der Waals surface area contributed by atoms with Crippen molar-refractivity contribution in [1.29, 1.82) is 0 Å². The highest BCUT2D eigenvalue weighted by Gasteiger charge is 2.41. The van der Waals surface area contributed by atoms with Crippen LogP contribution in [0.25, 0.3) is 0 Å². The van der Waals surface area contributed by atoms with Crippen molar-refractivity contribution >= 4 is 0 Å². The molecule has 1 fully saturated rings. The summed E-state index contributed by atoms with van der Waals surface area (Å²) in [4.78, 5) is 0. The maximum atomic E-state index is 14.4. The molecule has 2 unspecified atom stereocenters. The average molecular weight is 197 g/mol. The first-order valence-electron chi connectivity index (χ1n) is 5.12. The number of aryl methyl sites for hydroxylation is 1. The van der Waals surface area contributed by atoms with Crippen molar-refractivity contribution in [2.24, 2.45) is 5.73 Å². The highest BCUT2D eigenvalue weighted by Crippen LogP contribution is 2.41. The van der Waals surface area contributed by atoms with E-state index in [-0.39, 0.29) is 6.04 Å². The topological polar surface area (TPSA) is 43.8 Å². The minimum absolute atomic E-state index is 0.000191. The van der Waals surface area contributed by atoms with Crippen LogP contribution in [0.1, 0.15) is 31.9 Å². The first kappa shape index (κ1) is 9.65. The van der Waals surface area contributed by atoms with Crippen LogP contribution >= 0.6 is 0 Å². The second kappa shape index (κ2) is 3.35. The monoisotopic (exact) mass is 197 g/mol. The molecule has 0 saturated heterocycles. The highest BCUT2D eigenvalue weighted by molar-refractivity contribution is 5.15. The number of aromatic nitrogens is 2. The summed E-state index contributed by atoms with van der Waals surface area (Å²) in [6, 6.07) is 1.77. The number of nitrogens with zero attached hydrogens (tertiary/aromatic N) is 2. The molecule has 1 aliphatic carbocycles. The van der Waals surface area contributed by atoms with Crippen LogP contribution in [-0.2, 0) is 12.2 Å². The SMILES string of the molecule is CCn1nccc1C1(F)CCC(N)C1. The summed E-state index contributed by atoms with van der Waals surface area (Å²) >= 11 is 0. The zero-order valence-electron chi connectivity index (χ0n) is 8.41. The van der Waals surface area contributed by atoms with E-state index in [0.717, 1.165) is 6.42 Å². The van der Waals surface area contributed by atoms with Crippen LogP contribution in [0.2, 0.25) is 0 Å². The highest BCUT2D eigenvalue weighted by atomic mass is 19.1. The number of hydrogen-bond donors (Lipinski definition) is 1. The first-order chi connectivity index (χ1) is 6.65. The summed E-state index contributed by atoms with van der Waals surface area (Å²) in [6.45, 7) is 2.68. The fourth-order valence-corrected chi connectivity index (χ4v) is 2.23. The van der Waals surface area contributed by atoms with Gasteiger partial charge in [-0.3, -0.25) is 4.68 Å². The largest absolute Gasteiger partial charge is 0.328 e. The molecular weight excluding hydrogens is 181 g/mol. The zero-order valence-corrected chi connectivity index (χ0v) is 8.41. The van der Waals surface area contributed by atoms with E-state index in [2.05, 4.69) is 5.10 Å². The second-order valence-electron chi connectivity index (χ2n) is 4.00. The zero-order chi connectivity index (χ0) is 10.2. The molecule has 3 nitrogen and oxygen atoms in total. The molecule has 1 saturated carbocycles. The lowest BCUT2D eigenvalue weighted by atomic mass is 10.00. The van der Waals surface area contributed by atoms with E-state index in [1.807, 2.05) is 6.92 Å². The van der Waals surface area contributed by atoms with Crippen molar-refractivity contribution in [2.75, 3.05) is 0 Å². The molecule has 1 heterocycles. The summed E-state index contributed by atoms with van der Waals surface area (Å²) in [5.74, 6) is 0. The predicted molar refractivity (Wildman–Crippen MR) is 52.5 cm³/mol. The number of rotatable bonds is 2. The van der Waals surface area contributed by atoms with Crippen molar-refractivity contribution in [2.45, 2.75) is 44.4 Å². The van der Waals surface area contributed by atoms with Gasteiger partial charge in [0.1, 0.15) is 0 Å². The molecule has 0 bridgehead atoms. The Morgan fingerprint density at radius 1 is 1.79 bits per heavy atom. The van der Waals surface area contributed by atoms with Crippen LogP contribution in [0.5, 0.6) is 0 Å². The van der Waals surface area contributed by atoms with Gasteiger partial charge in [0.15, 0.2) is 5.67 Å². The van der Waals surface area contributed by atoms with E-state index >= 15 is 0 Å². The molecule has 2 N–H and O–H groups in total. The molecule has 1 aliphatic rings. The van der Waals surface area contributed by atoms with Gasteiger partial charge in [-0.15, -0.1) is 0 Å². The third-order valence-corrected chi connectivity index (χ3v) is 2.97. The van der Waals surface area contributed by atoms with E-state index in [4.69, 9.17) is 5.73 Å². The van der Waals surface area contributed by atoms with Crippen LogP contribution in [-0.4, -0.2) is 15.8 Å².